The van der Waals surface area contributed by atoms with Gasteiger partial charge in [0.25, 0.3) is 0 Å². The van der Waals surface area contributed by atoms with E-state index in [9.17, 15) is 9.18 Å². The number of nitrogens with zero attached hydrogens (tertiary/aromatic N) is 3. The van der Waals surface area contributed by atoms with Gasteiger partial charge in [0, 0.05) is 44.1 Å². The molecule has 4 rings (SSSR count). The molecule has 0 bridgehead atoms. The number of halogens is 1. The lowest BCUT2D eigenvalue weighted by Gasteiger charge is -2.37. The highest BCUT2D eigenvalue weighted by atomic mass is 19.1. The van der Waals surface area contributed by atoms with E-state index in [1.54, 1.807) is 18.2 Å². The van der Waals surface area contributed by atoms with Gasteiger partial charge in [-0.25, -0.2) is 9.37 Å². The Morgan fingerprint density at radius 1 is 1.00 bits per heavy atom. The third kappa shape index (κ3) is 5.52. The summed E-state index contributed by atoms with van der Waals surface area (Å²) in [5.41, 5.74) is 2.85. The summed E-state index contributed by atoms with van der Waals surface area (Å²) in [5, 5.41) is 2.99. The number of pyridine rings is 1. The Morgan fingerprint density at radius 3 is 2.53 bits per heavy atom. The molecule has 1 aliphatic heterocycles. The first kappa shape index (κ1) is 21.6. The summed E-state index contributed by atoms with van der Waals surface area (Å²) in [6.07, 6.45) is 4.88. The third-order valence-electron chi connectivity index (χ3n) is 5.62. The van der Waals surface area contributed by atoms with Gasteiger partial charge >= 0.3 is 0 Å². The van der Waals surface area contributed by atoms with Gasteiger partial charge in [0.15, 0.2) is 0 Å². The highest BCUT2D eigenvalue weighted by Crippen LogP contribution is 2.23. The number of nitrogens with one attached hydrogen (secondary N) is 1. The van der Waals surface area contributed by atoms with E-state index < -0.39 is 0 Å². The molecule has 2 aromatic carbocycles. The van der Waals surface area contributed by atoms with E-state index in [1.807, 2.05) is 43.5 Å². The van der Waals surface area contributed by atoms with E-state index in [-0.39, 0.29) is 17.8 Å². The molecule has 1 saturated heterocycles. The second kappa shape index (κ2) is 10.1. The van der Waals surface area contributed by atoms with Crippen LogP contribution in [0.4, 0.5) is 15.9 Å². The molecular weight excluding hydrogens is 403 g/mol. The quantitative estimate of drug-likeness (QED) is 0.588. The van der Waals surface area contributed by atoms with E-state index >= 15 is 0 Å². The van der Waals surface area contributed by atoms with Crippen molar-refractivity contribution >= 4 is 23.5 Å². The van der Waals surface area contributed by atoms with Crippen LogP contribution < -0.4 is 15.1 Å². The summed E-state index contributed by atoms with van der Waals surface area (Å²) in [7, 11) is 0. The molecule has 0 radical (unpaired) electrons. The number of carbonyl (C=O) groups excluding carboxylic acids is 1. The maximum atomic E-state index is 13.3. The number of carbonyl (C=O) groups is 1. The molecule has 3 aromatic rings. The SMILES string of the molecule is C[C@H](NC(=O)C=Cc1cccc(F)c1)c1cccc(N2CCN(c3ccccn3)CC2)c1. The van der Waals surface area contributed by atoms with E-state index in [0.29, 0.717) is 5.56 Å². The Morgan fingerprint density at radius 2 is 1.78 bits per heavy atom. The Kier molecular flexibility index (Phi) is 6.80. The van der Waals surface area contributed by atoms with Gasteiger partial charge in [0.05, 0.1) is 6.04 Å². The number of benzene rings is 2. The molecule has 2 heterocycles. The lowest BCUT2D eigenvalue weighted by atomic mass is 10.1. The minimum Gasteiger partial charge on any atom is -0.368 e. The predicted molar refractivity (Wildman–Crippen MR) is 127 cm³/mol. The van der Waals surface area contributed by atoms with Crippen molar-refractivity contribution in [3.05, 3.63) is 95.9 Å². The molecule has 1 aliphatic rings. The molecule has 164 valence electrons. The van der Waals surface area contributed by atoms with Crippen LogP contribution in [-0.4, -0.2) is 37.1 Å². The fourth-order valence-electron chi connectivity index (χ4n) is 3.85. The molecule has 1 N–H and O–H groups in total. The van der Waals surface area contributed by atoms with Crippen LogP contribution in [-0.2, 0) is 4.79 Å². The third-order valence-corrected chi connectivity index (χ3v) is 5.62. The van der Waals surface area contributed by atoms with Crippen LogP contribution in [0.2, 0.25) is 0 Å². The number of piperazine rings is 1. The molecule has 32 heavy (non-hydrogen) atoms. The summed E-state index contributed by atoms with van der Waals surface area (Å²) in [5.74, 6) is 0.485. The Hall–Kier alpha value is -3.67. The molecular formula is C26H27FN4O. The van der Waals surface area contributed by atoms with Crippen molar-refractivity contribution in [3.8, 4) is 0 Å². The van der Waals surface area contributed by atoms with Gasteiger partial charge in [-0.3, -0.25) is 4.79 Å². The van der Waals surface area contributed by atoms with Crippen molar-refractivity contribution in [2.24, 2.45) is 0 Å². The molecule has 5 nitrogen and oxygen atoms in total. The lowest BCUT2D eigenvalue weighted by molar-refractivity contribution is -0.117. The van der Waals surface area contributed by atoms with Crippen LogP contribution in [0, 0.1) is 5.82 Å². The van der Waals surface area contributed by atoms with Crippen LogP contribution >= 0.6 is 0 Å². The second-order valence-electron chi connectivity index (χ2n) is 7.88. The van der Waals surface area contributed by atoms with Gasteiger partial charge in [-0.1, -0.05) is 30.3 Å². The second-order valence-corrected chi connectivity index (χ2v) is 7.88. The first-order valence-electron chi connectivity index (χ1n) is 10.8. The molecule has 0 aliphatic carbocycles. The Labute approximate surface area is 188 Å². The topological polar surface area (TPSA) is 48.5 Å². The van der Waals surface area contributed by atoms with E-state index in [0.717, 1.165) is 43.2 Å². The molecule has 6 heteroatoms. The lowest BCUT2D eigenvalue weighted by Crippen LogP contribution is -2.46. The van der Waals surface area contributed by atoms with E-state index in [1.165, 1.54) is 18.2 Å². The van der Waals surface area contributed by atoms with Gasteiger partial charge in [0.2, 0.25) is 5.91 Å². The van der Waals surface area contributed by atoms with Crippen molar-refractivity contribution in [1.29, 1.82) is 0 Å². The average Bonchev–Trinajstić information content (AvgIpc) is 2.83. The summed E-state index contributed by atoms with van der Waals surface area (Å²) in [6.45, 7) is 5.62. The fraction of sp³-hybridized carbons (Fsp3) is 0.231. The largest absolute Gasteiger partial charge is 0.368 e. The van der Waals surface area contributed by atoms with Gasteiger partial charge in [-0.15, -0.1) is 0 Å². The summed E-state index contributed by atoms with van der Waals surface area (Å²) in [4.78, 5) is 21.4. The smallest absolute Gasteiger partial charge is 0.244 e. The van der Waals surface area contributed by atoms with Crippen molar-refractivity contribution < 1.29 is 9.18 Å². The first-order chi connectivity index (χ1) is 15.6. The molecule has 1 aromatic heterocycles. The van der Waals surface area contributed by atoms with Crippen LogP contribution in [0.1, 0.15) is 24.1 Å². The standard InChI is InChI=1S/C26H27FN4O/c1-20(29-26(32)12-11-21-6-4-8-23(27)18-21)22-7-5-9-24(19-22)30-14-16-31(17-15-30)25-10-2-3-13-28-25/h2-13,18-20H,14-17H2,1H3,(H,29,32)/t20-/m0/s1. The van der Waals surface area contributed by atoms with Crippen molar-refractivity contribution in [2.75, 3.05) is 36.0 Å². The van der Waals surface area contributed by atoms with Crippen LogP contribution in [0.25, 0.3) is 6.08 Å². The Bertz CT molecular complexity index is 1080. The molecule has 1 atom stereocenters. The maximum absolute atomic E-state index is 13.3. The average molecular weight is 431 g/mol. The van der Waals surface area contributed by atoms with E-state index in [2.05, 4.69) is 32.2 Å². The Balaban J connectivity index is 1.34. The van der Waals surface area contributed by atoms with Gasteiger partial charge in [-0.05, 0) is 60.5 Å². The highest BCUT2D eigenvalue weighted by Gasteiger charge is 2.19. The summed E-state index contributed by atoms with van der Waals surface area (Å²) in [6, 6.07) is 20.3. The summed E-state index contributed by atoms with van der Waals surface area (Å²) < 4.78 is 13.3. The molecule has 0 unspecified atom stereocenters. The van der Waals surface area contributed by atoms with Crippen molar-refractivity contribution in [3.63, 3.8) is 0 Å². The number of rotatable bonds is 6. The van der Waals surface area contributed by atoms with Crippen molar-refractivity contribution in [2.45, 2.75) is 13.0 Å². The number of aromatic nitrogens is 1. The molecule has 1 fully saturated rings. The van der Waals surface area contributed by atoms with Crippen LogP contribution in [0.15, 0.2) is 79.0 Å². The van der Waals surface area contributed by atoms with Gasteiger partial charge in [0.1, 0.15) is 11.6 Å². The minimum atomic E-state index is -0.321. The number of anilines is 2. The predicted octanol–water partition coefficient (Wildman–Crippen LogP) is 4.44. The zero-order valence-electron chi connectivity index (χ0n) is 18.1. The minimum absolute atomic E-state index is 0.144. The van der Waals surface area contributed by atoms with Crippen molar-refractivity contribution in [1.82, 2.24) is 10.3 Å². The van der Waals surface area contributed by atoms with E-state index in [4.69, 9.17) is 0 Å². The van der Waals surface area contributed by atoms with Gasteiger partial charge < -0.3 is 15.1 Å². The summed E-state index contributed by atoms with van der Waals surface area (Å²) >= 11 is 0. The molecule has 0 saturated carbocycles. The normalized spacial score (nSPS) is 15.1. The number of hydrogen-bond donors (Lipinski definition) is 1. The first-order valence-corrected chi connectivity index (χ1v) is 10.8. The zero-order chi connectivity index (χ0) is 22.3. The molecule has 1 amide bonds. The fourth-order valence-corrected chi connectivity index (χ4v) is 3.85. The highest BCUT2D eigenvalue weighted by molar-refractivity contribution is 5.92. The maximum Gasteiger partial charge on any atom is 0.244 e. The van der Waals surface area contributed by atoms with Crippen LogP contribution in [0.3, 0.4) is 0 Å². The number of hydrogen-bond acceptors (Lipinski definition) is 4. The van der Waals surface area contributed by atoms with Gasteiger partial charge in [-0.2, -0.15) is 0 Å². The number of amides is 1. The molecule has 0 spiro atoms. The zero-order valence-corrected chi connectivity index (χ0v) is 18.1. The van der Waals surface area contributed by atoms with Crippen LogP contribution in [0.5, 0.6) is 0 Å². The monoisotopic (exact) mass is 430 g/mol.